The zero-order valence-electron chi connectivity index (χ0n) is 14.5. The van der Waals surface area contributed by atoms with Crippen LogP contribution in [0.2, 0.25) is 0 Å². The molecular formula is C19H21N5OS. The number of carbonyl (C=O) groups excluding carboxylic acids is 1. The molecule has 26 heavy (non-hydrogen) atoms. The van der Waals surface area contributed by atoms with E-state index in [1.807, 2.05) is 48.5 Å². The number of aromatic nitrogens is 3. The van der Waals surface area contributed by atoms with Gasteiger partial charge in [0.1, 0.15) is 5.82 Å². The van der Waals surface area contributed by atoms with Crippen molar-refractivity contribution in [1.82, 2.24) is 20.2 Å². The lowest BCUT2D eigenvalue weighted by atomic mass is 9.99. The van der Waals surface area contributed by atoms with Crippen molar-refractivity contribution in [1.29, 1.82) is 0 Å². The zero-order valence-corrected chi connectivity index (χ0v) is 15.3. The SMILES string of the molecule is Cc1nnc(SCC(=O)N[C@@H](Cc2ccccc2)c2ccccc2)n1N. The van der Waals surface area contributed by atoms with Crippen LogP contribution in [-0.2, 0) is 11.2 Å². The number of benzene rings is 2. The summed E-state index contributed by atoms with van der Waals surface area (Å²) in [6, 6.07) is 20.0. The van der Waals surface area contributed by atoms with Crippen molar-refractivity contribution in [3.8, 4) is 0 Å². The van der Waals surface area contributed by atoms with Gasteiger partial charge in [-0.15, -0.1) is 10.2 Å². The van der Waals surface area contributed by atoms with Gasteiger partial charge in [0.15, 0.2) is 0 Å². The van der Waals surface area contributed by atoms with E-state index in [0.717, 1.165) is 12.0 Å². The van der Waals surface area contributed by atoms with Crippen LogP contribution in [0.1, 0.15) is 23.0 Å². The van der Waals surface area contributed by atoms with Crippen molar-refractivity contribution in [3.63, 3.8) is 0 Å². The van der Waals surface area contributed by atoms with Crippen LogP contribution in [0, 0.1) is 6.92 Å². The Morgan fingerprint density at radius 1 is 1.12 bits per heavy atom. The lowest BCUT2D eigenvalue weighted by Gasteiger charge is -2.19. The normalized spacial score (nSPS) is 11.9. The van der Waals surface area contributed by atoms with Gasteiger partial charge in [-0.3, -0.25) is 4.79 Å². The van der Waals surface area contributed by atoms with Crippen LogP contribution >= 0.6 is 11.8 Å². The number of carbonyl (C=O) groups is 1. The molecule has 0 fully saturated rings. The maximum Gasteiger partial charge on any atom is 0.230 e. The summed E-state index contributed by atoms with van der Waals surface area (Å²) < 4.78 is 1.39. The van der Waals surface area contributed by atoms with E-state index in [0.29, 0.717) is 11.0 Å². The first-order valence-electron chi connectivity index (χ1n) is 8.31. The Hall–Kier alpha value is -2.80. The summed E-state index contributed by atoms with van der Waals surface area (Å²) in [5, 5.41) is 11.5. The number of amides is 1. The minimum absolute atomic E-state index is 0.0690. The summed E-state index contributed by atoms with van der Waals surface area (Å²) >= 11 is 1.27. The molecule has 3 aromatic rings. The van der Waals surface area contributed by atoms with Gasteiger partial charge in [-0.25, -0.2) is 4.68 Å². The fourth-order valence-corrected chi connectivity index (χ4v) is 3.32. The maximum absolute atomic E-state index is 12.5. The monoisotopic (exact) mass is 367 g/mol. The molecule has 1 amide bonds. The van der Waals surface area contributed by atoms with Crippen LogP contribution in [0.4, 0.5) is 0 Å². The van der Waals surface area contributed by atoms with Gasteiger partial charge in [0.05, 0.1) is 11.8 Å². The highest BCUT2D eigenvalue weighted by molar-refractivity contribution is 7.99. The van der Waals surface area contributed by atoms with E-state index < -0.39 is 0 Å². The third-order valence-corrected chi connectivity index (χ3v) is 4.93. The van der Waals surface area contributed by atoms with Crippen LogP contribution in [0.3, 0.4) is 0 Å². The number of nitrogens with zero attached hydrogens (tertiary/aromatic N) is 3. The fourth-order valence-electron chi connectivity index (χ4n) is 2.60. The molecule has 0 radical (unpaired) electrons. The molecule has 0 aliphatic heterocycles. The van der Waals surface area contributed by atoms with Gasteiger partial charge in [0.2, 0.25) is 11.1 Å². The van der Waals surface area contributed by atoms with E-state index in [2.05, 4.69) is 27.6 Å². The van der Waals surface area contributed by atoms with Gasteiger partial charge in [-0.1, -0.05) is 72.4 Å². The molecule has 0 bridgehead atoms. The molecule has 0 unspecified atom stereocenters. The van der Waals surface area contributed by atoms with Crippen molar-refractivity contribution in [3.05, 3.63) is 77.6 Å². The first kappa shape index (κ1) is 18.0. The highest BCUT2D eigenvalue weighted by Crippen LogP contribution is 2.20. The lowest BCUT2D eigenvalue weighted by molar-refractivity contribution is -0.119. The number of nitrogen functional groups attached to an aromatic ring is 1. The smallest absolute Gasteiger partial charge is 0.230 e. The number of thioether (sulfide) groups is 1. The van der Waals surface area contributed by atoms with E-state index in [4.69, 9.17) is 5.84 Å². The summed E-state index contributed by atoms with van der Waals surface area (Å²) in [6.07, 6.45) is 0.730. The molecule has 1 aromatic heterocycles. The van der Waals surface area contributed by atoms with Crippen LogP contribution < -0.4 is 11.2 Å². The minimum atomic E-state index is -0.0933. The lowest BCUT2D eigenvalue weighted by Crippen LogP contribution is -2.31. The predicted molar refractivity (Wildman–Crippen MR) is 103 cm³/mol. The Morgan fingerprint density at radius 2 is 1.77 bits per heavy atom. The van der Waals surface area contributed by atoms with Crippen LogP contribution in [-0.4, -0.2) is 26.5 Å². The van der Waals surface area contributed by atoms with E-state index >= 15 is 0 Å². The molecular weight excluding hydrogens is 346 g/mol. The van der Waals surface area contributed by atoms with E-state index in [-0.39, 0.29) is 17.7 Å². The summed E-state index contributed by atoms with van der Waals surface area (Å²) in [5.41, 5.74) is 2.25. The average molecular weight is 367 g/mol. The third kappa shape index (κ3) is 4.64. The molecule has 6 nitrogen and oxygen atoms in total. The predicted octanol–water partition coefficient (Wildman–Crippen LogP) is 2.49. The number of aryl methyl sites for hydroxylation is 1. The quantitative estimate of drug-likeness (QED) is 0.495. The van der Waals surface area contributed by atoms with Gasteiger partial charge in [-0.2, -0.15) is 0 Å². The van der Waals surface area contributed by atoms with E-state index in [1.54, 1.807) is 6.92 Å². The van der Waals surface area contributed by atoms with Crippen molar-refractivity contribution >= 4 is 17.7 Å². The minimum Gasteiger partial charge on any atom is -0.348 e. The fraction of sp³-hybridized carbons (Fsp3) is 0.211. The molecule has 0 spiro atoms. The molecule has 0 aliphatic rings. The van der Waals surface area contributed by atoms with Gasteiger partial charge in [-0.05, 0) is 24.5 Å². The average Bonchev–Trinajstić information content (AvgIpc) is 2.99. The summed E-state index contributed by atoms with van der Waals surface area (Å²) in [6.45, 7) is 1.77. The molecule has 3 rings (SSSR count). The second kappa shape index (κ2) is 8.53. The Kier molecular flexibility index (Phi) is 5.91. The molecule has 1 atom stereocenters. The number of rotatable bonds is 7. The van der Waals surface area contributed by atoms with Crippen LogP contribution in [0.15, 0.2) is 65.8 Å². The van der Waals surface area contributed by atoms with Gasteiger partial charge in [0.25, 0.3) is 0 Å². The zero-order chi connectivity index (χ0) is 18.4. The molecule has 0 saturated heterocycles. The standard InChI is InChI=1S/C19H21N5OS/c1-14-22-23-19(24(14)20)26-13-18(25)21-17(16-10-6-3-7-11-16)12-15-8-4-2-5-9-15/h2-11,17H,12-13,20H2,1H3,(H,21,25)/t17-/m0/s1. The van der Waals surface area contributed by atoms with Crippen molar-refractivity contribution in [2.45, 2.75) is 24.5 Å². The van der Waals surface area contributed by atoms with Gasteiger partial charge < -0.3 is 11.2 Å². The first-order valence-corrected chi connectivity index (χ1v) is 9.30. The van der Waals surface area contributed by atoms with Crippen LogP contribution in [0.25, 0.3) is 0 Å². The van der Waals surface area contributed by atoms with Gasteiger partial charge >= 0.3 is 0 Å². The molecule has 0 aliphatic carbocycles. The van der Waals surface area contributed by atoms with Gasteiger partial charge in [0, 0.05) is 0 Å². The Labute approximate surface area is 156 Å². The summed E-state index contributed by atoms with van der Waals surface area (Å²) in [4.78, 5) is 12.5. The van der Waals surface area contributed by atoms with Crippen molar-refractivity contribution < 1.29 is 4.79 Å². The number of nitrogens with one attached hydrogen (secondary N) is 1. The molecule has 2 aromatic carbocycles. The first-order chi connectivity index (χ1) is 12.6. The Morgan fingerprint density at radius 3 is 2.38 bits per heavy atom. The molecule has 3 N–H and O–H groups in total. The topological polar surface area (TPSA) is 85.8 Å². The van der Waals surface area contributed by atoms with Crippen LogP contribution in [0.5, 0.6) is 0 Å². The van der Waals surface area contributed by atoms with Crippen molar-refractivity contribution in [2.75, 3.05) is 11.6 Å². The Balaban J connectivity index is 1.67. The second-order valence-corrected chi connectivity index (χ2v) is 6.85. The summed E-state index contributed by atoms with van der Waals surface area (Å²) in [7, 11) is 0. The summed E-state index contributed by atoms with van der Waals surface area (Å²) in [5.74, 6) is 6.59. The molecule has 7 heteroatoms. The number of hydrogen-bond donors (Lipinski definition) is 2. The molecule has 0 saturated carbocycles. The maximum atomic E-state index is 12.5. The third-order valence-electron chi connectivity index (χ3n) is 3.99. The number of hydrogen-bond acceptors (Lipinski definition) is 5. The highest BCUT2D eigenvalue weighted by atomic mass is 32.2. The Bertz CT molecular complexity index is 851. The molecule has 134 valence electrons. The van der Waals surface area contributed by atoms with E-state index in [1.165, 1.54) is 22.0 Å². The largest absolute Gasteiger partial charge is 0.348 e. The number of nitrogens with two attached hydrogens (primary N) is 1. The second-order valence-electron chi connectivity index (χ2n) is 5.91. The van der Waals surface area contributed by atoms with Crippen molar-refractivity contribution in [2.24, 2.45) is 0 Å². The molecule has 1 heterocycles. The highest BCUT2D eigenvalue weighted by Gasteiger charge is 2.16. The van der Waals surface area contributed by atoms with E-state index in [9.17, 15) is 4.79 Å².